The van der Waals surface area contributed by atoms with Crippen molar-refractivity contribution in [2.45, 2.75) is 0 Å². The molecule has 3 nitrogen and oxygen atoms in total. The van der Waals surface area contributed by atoms with Gasteiger partial charge < -0.3 is 4.42 Å². The highest BCUT2D eigenvalue weighted by Gasteiger charge is 2.19. The summed E-state index contributed by atoms with van der Waals surface area (Å²) < 4.78 is 5.15. The Morgan fingerprint density at radius 3 is 2.73 bits per heavy atom. The zero-order valence-electron chi connectivity index (χ0n) is 7.70. The first-order valence-electron chi connectivity index (χ1n) is 4.33. The van der Waals surface area contributed by atoms with Crippen LogP contribution in [0.1, 0.15) is 10.4 Å². The van der Waals surface area contributed by atoms with Gasteiger partial charge in [0.2, 0.25) is 11.6 Å². The minimum atomic E-state index is -0.622. The van der Waals surface area contributed by atoms with E-state index in [1.54, 1.807) is 24.3 Å². The van der Waals surface area contributed by atoms with E-state index in [4.69, 9.17) is 16.0 Å². The minimum Gasteiger partial charge on any atom is -0.464 e. The van der Waals surface area contributed by atoms with Gasteiger partial charge in [0.25, 0.3) is 0 Å². The third kappa shape index (κ3) is 1.66. The Labute approximate surface area is 90.6 Å². The maximum atomic E-state index is 11.6. The standard InChI is InChI=1S/C11H7ClO3/c12-5-9(13)11(14)8-6-15-10-4-2-1-3-7(8)10/h1-4,6H,5H2. The highest BCUT2D eigenvalue weighted by atomic mass is 35.5. The van der Waals surface area contributed by atoms with Crippen LogP contribution in [0.3, 0.4) is 0 Å². The Morgan fingerprint density at radius 2 is 2.00 bits per heavy atom. The van der Waals surface area contributed by atoms with E-state index in [1.165, 1.54) is 6.26 Å². The Balaban J connectivity index is 2.53. The SMILES string of the molecule is O=C(CCl)C(=O)c1coc2ccccc12. The molecule has 2 aromatic rings. The Morgan fingerprint density at radius 1 is 1.27 bits per heavy atom. The predicted octanol–water partition coefficient (Wildman–Crippen LogP) is 2.42. The van der Waals surface area contributed by atoms with Gasteiger partial charge in [-0.2, -0.15) is 0 Å². The maximum absolute atomic E-state index is 11.6. The van der Waals surface area contributed by atoms with Crippen LogP contribution in [0.5, 0.6) is 0 Å². The van der Waals surface area contributed by atoms with Crippen molar-refractivity contribution in [2.75, 3.05) is 5.88 Å². The van der Waals surface area contributed by atoms with Crippen molar-refractivity contribution in [1.29, 1.82) is 0 Å². The van der Waals surface area contributed by atoms with E-state index in [0.29, 0.717) is 11.0 Å². The van der Waals surface area contributed by atoms with E-state index >= 15 is 0 Å². The van der Waals surface area contributed by atoms with Gasteiger partial charge in [-0.05, 0) is 6.07 Å². The summed E-state index contributed by atoms with van der Waals surface area (Å²) in [5.74, 6) is -1.53. The summed E-state index contributed by atoms with van der Waals surface area (Å²) in [5, 5.41) is 0.640. The van der Waals surface area contributed by atoms with Crippen LogP contribution in [0.4, 0.5) is 0 Å². The van der Waals surface area contributed by atoms with Crippen LogP contribution in [0.25, 0.3) is 11.0 Å². The van der Waals surface area contributed by atoms with Gasteiger partial charge in [-0.1, -0.05) is 18.2 Å². The van der Waals surface area contributed by atoms with Gasteiger partial charge in [0.05, 0.1) is 11.4 Å². The van der Waals surface area contributed by atoms with Gasteiger partial charge >= 0.3 is 0 Å². The number of hydrogen-bond acceptors (Lipinski definition) is 3. The van der Waals surface area contributed by atoms with Gasteiger partial charge in [0.1, 0.15) is 11.8 Å². The lowest BCUT2D eigenvalue weighted by atomic mass is 10.1. The van der Waals surface area contributed by atoms with E-state index in [2.05, 4.69) is 0 Å². The lowest BCUT2D eigenvalue weighted by molar-refractivity contribution is -0.112. The van der Waals surface area contributed by atoms with E-state index in [0.717, 1.165) is 0 Å². The molecule has 0 fully saturated rings. The number of fused-ring (bicyclic) bond motifs is 1. The van der Waals surface area contributed by atoms with Gasteiger partial charge in [-0.15, -0.1) is 11.6 Å². The molecule has 4 heteroatoms. The van der Waals surface area contributed by atoms with Crippen molar-refractivity contribution in [3.8, 4) is 0 Å². The number of rotatable bonds is 3. The molecule has 0 radical (unpaired) electrons. The lowest BCUT2D eigenvalue weighted by Gasteiger charge is -1.93. The molecule has 1 aromatic heterocycles. The molecular weight excluding hydrogens is 216 g/mol. The molecule has 0 saturated heterocycles. The van der Waals surface area contributed by atoms with Crippen molar-refractivity contribution >= 4 is 34.1 Å². The summed E-state index contributed by atoms with van der Waals surface area (Å²) in [7, 11) is 0. The topological polar surface area (TPSA) is 47.3 Å². The molecule has 1 aromatic carbocycles. The molecule has 0 atom stereocenters. The number of benzene rings is 1. The van der Waals surface area contributed by atoms with Crippen LogP contribution < -0.4 is 0 Å². The van der Waals surface area contributed by atoms with Crippen LogP contribution in [-0.4, -0.2) is 17.4 Å². The fourth-order valence-corrected chi connectivity index (χ4v) is 1.49. The number of para-hydroxylation sites is 1. The summed E-state index contributed by atoms with van der Waals surface area (Å²) >= 11 is 5.31. The quantitative estimate of drug-likeness (QED) is 0.455. The zero-order valence-corrected chi connectivity index (χ0v) is 8.45. The maximum Gasteiger partial charge on any atom is 0.233 e. The zero-order chi connectivity index (χ0) is 10.8. The Kier molecular flexibility index (Phi) is 2.56. The predicted molar refractivity (Wildman–Crippen MR) is 56.3 cm³/mol. The molecule has 1 heterocycles. The van der Waals surface area contributed by atoms with Crippen LogP contribution in [0.2, 0.25) is 0 Å². The van der Waals surface area contributed by atoms with Crippen molar-refractivity contribution in [1.82, 2.24) is 0 Å². The Bertz CT molecular complexity index is 527. The summed E-state index contributed by atoms with van der Waals surface area (Å²) in [4.78, 5) is 22.7. The van der Waals surface area contributed by atoms with Gasteiger partial charge in [-0.25, -0.2) is 0 Å². The second kappa shape index (κ2) is 3.87. The smallest absolute Gasteiger partial charge is 0.233 e. The van der Waals surface area contributed by atoms with E-state index in [-0.39, 0.29) is 11.4 Å². The number of alkyl halides is 1. The molecule has 0 aliphatic heterocycles. The highest BCUT2D eigenvalue weighted by molar-refractivity contribution is 6.52. The molecule has 0 saturated carbocycles. The van der Waals surface area contributed by atoms with Crippen molar-refractivity contribution < 1.29 is 14.0 Å². The molecule has 0 aliphatic rings. The van der Waals surface area contributed by atoms with Gasteiger partial charge in [-0.3, -0.25) is 9.59 Å². The first-order chi connectivity index (χ1) is 7.24. The molecule has 15 heavy (non-hydrogen) atoms. The second-order valence-electron chi connectivity index (χ2n) is 3.03. The lowest BCUT2D eigenvalue weighted by Crippen LogP contribution is -2.14. The van der Waals surface area contributed by atoms with Gasteiger partial charge in [0.15, 0.2) is 0 Å². The van der Waals surface area contributed by atoms with Crippen molar-refractivity contribution in [2.24, 2.45) is 0 Å². The first-order valence-corrected chi connectivity index (χ1v) is 4.87. The number of halogens is 1. The normalized spacial score (nSPS) is 10.5. The third-order valence-corrected chi connectivity index (χ3v) is 2.34. The molecule has 2 rings (SSSR count). The minimum absolute atomic E-state index is 0.274. The number of carbonyl (C=O) groups excluding carboxylic acids is 2. The molecular formula is C11H7ClO3. The van der Waals surface area contributed by atoms with Crippen LogP contribution in [0, 0.1) is 0 Å². The van der Waals surface area contributed by atoms with E-state index in [1.807, 2.05) is 0 Å². The van der Waals surface area contributed by atoms with Crippen molar-refractivity contribution in [3.05, 3.63) is 36.1 Å². The molecule has 0 spiro atoms. The molecule has 0 aliphatic carbocycles. The second-order valence-corrected chi connectivity index (χ2v) is 3.30. The van der Waals surface area contributed by atoms with E-state index in [9.17, 15) is 9.59 Å². The molecule has 76 valence electrons. The summed E-state index contributed by atoms with van der Waals surface area (Å²) in [6.45, 7) is 0. The highest BCUT2D eigenvalue weighted by Crippen LogP contribution is 2.21. The average Bonchev–Trinajstić information content (AvgIpc) is 2.70. The number of ketones is 2. The fourth-order valence-electron chi connectivity index (χ4n) is 1.36. The third-order valence-electron chi connectivity index (χ3n) is 2.10. The Hall–Kier alpha value is -1.61. The first kappa shape index (κ1) is 9.93. The fraction of sp³-hybridized carbons (Fsp3) is 0.0909. The monoisotopic (exact) mass is 222 g/mol. The van der Waals surface area contributed by atoms with Crippen LogP contribution in [0.15, 0.2) is 34.9 Å². The average molecular weight is 223 g/mol. The summed E-state index contributed by atoms with van der Waals surface area (Å²) in [5.41, 5.74) is 0.861. The summed E-state index contributed by atoms with van der Waals surface area (Å²) in [6, 6.07) is 7.04. The molecule has 0 amide bonds. The summed E-state index contributed by atoms with van der Waals surface area (Å²) in [6.07, 6.45) is 1.29. The van der Waals surface area contributed by atoms with Crippen molar-refractivity contribution in [3.63, 3.8) is 0 Å². The molecule has 0 bridgehead atoms. The van der Waals surface area contributed by atoms with Gasteiger partial charge in [0, 0.05) is 5.39 Å². The number of hydrogen-bond donors (Lipinski definition) is 0. The number of Topliss-reactive ketones (excluding diaryl/α,β-unsaturated/α-hetero) is 2. The van der Waals surface area contributed by atoms with E-state index < -0.39 is 11.6 Å². The number of furan rings is 1. The molecule has 0 unspecified atom stereocenters. The largest absolute Gasteiger partial charge is 0.464 e. The number of carbonyl (C=O) groups is 2. The van der Waals surface area contributed by atoms with Crippen LogP contribution >= 0.6 is 11.6 Å². The van der Waals surface area contributed by atoms with Crippen LogP contribution in [-0.2, 0) is 4.79 Å². The molecule has 0 N–H and O–H groups in total.